The fourth-order valence-electron chi connectivity index (χ4n) is 0.745. The van der Waals surface area contributed by atoms with Gasteiger partial charge in [-0.2, -0.15) is 0 Å². The lowest BCUT2D eigenvalue weighted by Gasteiger charge is -1.93. The Labute approximate surface area is 80.6 Å². The average molecular weight is 225 g/mol. The third-order valence-corrected chi connectivity index (χ3v) is 1.98. The van der Waals surface area contributed by atoms with E-state index < -0.39 is 6.10 Å². The molecule has 0 unspecified atom stereocenters. The van der Waals surface area contributed by atoms with Gasteiger partial charge in [-0.1, -0.05) is 24.0 Å². The number of halogens is 1. The van der Waals surface area contributed by atoms with Crippen molar-refractivity contribution in [2.45, 2.75) is 13.0 Å². The van der Waals surface area contributed by atoms with Crippen molar-refractivity contribution in [3.63, 3.8) is 0 Å². The zero-order valence-electron chi connectivity index (χ0n) is 6.71. The van der Waals surface area contributed by atoms with Crippen LogP contribution in [0.2, 0.25) is 0 Å². The quantitative estimate of drug-likeness (QED) is 0.671. The number of hydrogen-bond donors (Lipinski definition) is 1. The molecule has 0 aromatic heterocycles. The highest BCUT2D eigenvalue weighted by Crippen LogP contribution is 2.13. The van der Waals surface area contributed by atoms with Crippen molar-refractivity contribution < 1.29 is 5.11 Å². The normalized spacial score (nSPS) is 11.6. The molecule has 1 rings (SSSR count). The van der Waals surface area contributed by atoms with Gasteiger partial charge in [-0.3, -0.25) is 0 Å². The largest absolute Gasteiger partial charge is 0.381 e. The van der Waals surface area contributed by atoms with Gasteiger partial charge in [0.25, 0.3) is 0 Å². The molecule has 0 spiro atoms. The van der Waals surface area contributed by atoms with Gasteiger partial charge in [0.1, 0.15) is 6.10 Å². The lowest BCUT2D eigenvalue weighted by atomic mass is 10.2. The number of benzene rings is 1. The van der Waals surface area contributed by atoms with E-state index in [9.17, 15) is 0 Å². The third-order valence-electron chi connectivity index (χ3n) is 1.29. The van der Waals surface area contributed by atoms with Gasteiger partial charge < -0.3 is 5.11 Å². The van der Waals surface area contributed by atoms with Crippen molar-refractivity contribution >= 4 is 15.9 Å². The first-order chi connectivity index (χ1) is 5.70. The van der Waals surface area contributed by atoms with Crippen molar-refractivity contribution in [3.8, 4) is 11.8 Å². The predicted octanol–water partition coefficient (Wildman–Crippen LogP) is 2.18. The molecule has 1 N–H and O–H groups in total. The van der Waals surface area contributed by atoms with E-state index in [2.05, 4.69) is 27.8 Å². The summed E-state index contributed by atoms with van der Waals surface area (Å²) in [6, 6.07) is 7.67. The Morgan fingerprint density at radius 2 is 2.08 bits per heavy atom. The average Bonchev–Trinajstić information content (AvgIpc) is 2.03. The molecule has 0 fully saturated rings. The first kappa shape index (κ1) is 9.31. The molecule has 62 valence electrons. The van der Waals surface area contributed by atoms with Gasteiger partial charge in [0.05, 0.1) is 0 Å². The van der Waals surface area contributed by atoms with Gasteiger partial charge in [0.2, 0.25) is 0 Å². The second-order valence-electron chi connectivity index (χ2n) is 2.43. The van der Waals surface area contributed by atoms with Crippen molar-refractivity contribution in [3.05, 3.63) is 34.3 Å². The van der Waals surface area contributed by atoms with Crippen LogP contribution in [0.3, 0.4) is 0 Å². The summed E-state index contributed by atoms with van der Waals surface area (Å²) in [6.07, 6.45) is -0.572. The predicted molar refractivity (Wildman–Crippen MR) is 52.7 cm³/mol. The minimum Gasteiger partial charge on any atom is -0.381 e. The summed E-state index contributed by atoms with van der Waals surface area (Å²) in [6.45, 7) is 1.64. The van der Waals surface area contributed by atoms with Gasteiger partial charge in [-0.05, 0) is 35.0 Å². The van der Waals surface area contributed by atoms with Crippen LogP contribution in [0.25, 0.3) is 0 Å². The molecule has 0 aliphatic carbocycles. The minimum atomic E-state index is -0.572. The number of aliphatic hydroxyl groups is 1. The molecule has 1 atom stereocenters. The van der Waals surface area contributed by atoms with Crippen LogP contribution in [-0.4, -0.2) is 11.2 Å². The molecule has 1 nitrogen and oxygen atoms in total. The zero-order valence-corrected chi connectivity index (χ0v) is 8.30. The molecule has 0 aliphatic rings. The Kier molecular flexibility index (Phi) is 3.33. The van der Waals surface area contributed by atoms with Crippen LogP contribution in [0.15, 0.2) is 28.7 Å². The van der Waals surface area contributed by atoms with Crippen LogP contribution in [0, 0.1) is 11.8 Å². The summed E-state index contributed by atoms with van der Waals surface area (Å²) in [5, 5.41) is 8.92. The second kappa shape index (κ2) is 4.30. The Balaban J connectivity index is 2.92. The van der Waals surface area contributed by atoms with Gasteiger partial charge in [0, 0.05) is 10.0 Å². The van der Waals surface area contributed by atoms with E-state index >= 15 is 0 Å². The van der Waals surface area contributed by atoms with Crippen LogP contribution in [0.1, 0.15) is 12.5 Å². The summed E-state index contributed by atoms with van der Waals surface area (Å²) in [5.41, 5.74) is 0.901. The molecule has 0 aliphatic heterocycles. The maximum absolute atomic E-state index is 8.92. The van der Waals surface area contributed by atoms with Gasteiger partial charge >= 0.3 is 0 Å². The van der Waals surface area contributed by atoms with Gasteiger partial charge in [-0.15, -0.1) is 0 Å². The van der Waals surface area contributed by atoms with Crippen LogP contribution >= 0.6 is 15.9 Å². The summed E-state index contributed by atoms with van der Waals surface area (Å²) in [7, 11) is 0. The van der Waals surface area contributed by atoms with E-state index in [0.717, 1.165) is 10.0 Å². The van der Waals surface area contributed by atoms with E-state index in [-0.39, 0.29) is 0 Å². The van der Waals surface area contributed by atoms with Crippen molar-refractivity contribution in [1.82, 2.24) is 0 Å². The second-order valence-corrected chi connectivity index (χ2v) is 3.28. The molecular weight excluding hydrogens is 216 g/mol. The van der Waals surface area contributed by atoms with Crippen molar-refractivity contribution in [2.75, 3.05) is 0 Å². The lowest BCUT2D eigenvalue weighted by molar-refractivity contribution is 0.253. The first-order valence-corrected chi connectivity index (χ1v) is 4.43. The van der Waals surface area contributed by atoms with Crippen LogP contribution < -0.4 is 0 Å². The van der Waals surface area contributed by atoms with E-state index in [1.807, 2.05) is 24.3 Å². The van der Waals surface area contributed by atoms with Crippen molar-refractivity contribution in [1.29, 1.82) is 0 Å². The highest BCUT2D eigenvalue weighted by molar-refractivity contribution is 9.10. The maximum Gasteiger partial charge on any atom is 0.112 e. The molecule has 0 radical (unpaired) electrons. The molecule has 0 heterocycles. The Morgan fingerprint density at radius 3 is 2.67 bits per heavy atom. The molecular formula is C10H9BrO. The number of aliphatic hydroxyl groups excluding tert-OH is 1. The molecule has 1 aromatic carbocycles. The van der Waals surface area contributed by atoms with E-state index in [4.69, 9.17) is 5.11 Å². The van der Waals surface area contributed by atoms with E-state index in [1.165, 1.54) is 0 Å². The number of rotatable bonds is 0. The SMILES string of the molecule is C[C@@H](O)C#Cc1ccccc1Br. The summed E-state index contributed by atoms with van der Waals surface area (Å²) in [5.74, 6) is 5.54. The van der Waals surface area contributed by atoms with Gasteiger partial charge in [-0.25, -0.2) is 0 Å². The molecule has 2 heteroatoms. The molecule has 1 aromatic rings. The van der Waals surface area contributed by atoms with Crippen LogP contribution in [0.4, 0.5) is 0 Å². The maximum atomic E-state index is 8.92. The topological polar surface area (TPSA) is 20.2 Å². The Hall–Kier alpha value is -0.780. The molecule has 0 saturated carbocycles. The minimum absolute atomic E-state index is 0.572. The molecule has 0 amide bonds. The Morgan fingerprint density at radius 1 is 1.42 bits per heavy atom. The van der Waals surface area contributed by atoms with Crippen molar-refractivity contribution in [2.24, 2.45) is 0 Å². The summed E-state index contributed by atoms with van der Waals surface area (Å²) in [4.78, 5) is 0. The first-order valence-electron chi connectivity index (χ1n) is 3.64. The van der Waals surface area contributed by atoms with Crippen LogP contribution in [-0.2, 0) is 0 Å². The van der Waals surface area contributed by atoms with Crippen LogP contribution in [0.5, 0.6) is 0 Å². The monoisotopic (exact) mass is 224 g/mol. The summed E-state index contributed by atoms with van der Waals surface area (Å²) >= 11 is 3.36. The molecule has 12 heavy (non-hydrogen) atoms. The molecule has 0 bridgehead atoms. The smallest absolute Gasteiger partial charge is 0.112 e. The highest BCUT2D eigenvalue weighted by atomic mass is 79.9. The fraction of sp³-hybridized carbons (Fsp3) is 0.200. The third kappa shape index (κ3) is 2.69. The lowest BCUT2D eigenvalue weighted by Crippen LogP contribution is -1.92. The van der Waals surface area contributed by atoms with E-state index in [0.29, 0.717) is 0 Å². The fourth-order valence-corrected chi connectivity index (χ4v) is 1.13. The number of hydrogen-bond acceptors (Lipinski definition) is 1. The van der Waals surface area contributed by atoms with Gasteiger partial charge in [0.15, 0.2) is 0 Å². The molecule has 0 saturated heterocycles. The highest BCUT2D eigenvalue weighted by Gasteiger charge is 1.92. The Bertz CT molecular complexity index is 320. The standard InChI is InChI=1S/C10H9BrO/c1-8(12)6-7-9-4-2-3-5-10(9)11/h2-5,8,12H,1H3/t8-/m1/s1. The summed E-state index contributed by atoms with van der Waals surface area (Å²) < 4.78 is 0.957. The zero-order chi connectivity index (χ0) is 8.97. The van der Waals surface area contributed by atoms with E-state index in [1.54, 1.807) is 6.92 Å².